The van der Waals surface area contributed by atoms with Crippen LogP contribution in [0, 0.1) is 0 Å². The fraction of sp³-hybridized carbons (Fsp3) is 0.294. The highest BCUT2D eigenvalue weighted by Gasteiger charge is 2.32. The van der Waals surface area contributed by atoms with Crippen molar-refractivity contribution >= 4 is 33.2 Å². The maximum absolute atomic E-state index is 6.05. The van der Waals surface area contributed by atoms with Crippen LogP contribution in [0.1, 0.15) is 12.5 Å². The molecule has 21 heavy (non-hydrogen) atoms. The smallest absolute Gasteiger partial charge is 0.0584 e. The number of anilines is 1. The molecule has 3 rings (SSSR count). The Labute approximate surface area is 139 Å². The zero-order valence-corrected chi connectivity index (χ0v) is 14.3. The van der Waals surface area contributed by atoms with Crippen LogP contribution in [0.25, 0.3) is 0 Å². The molecular formula is C17H18BrClN2. The number of rotatable bonds is 2. The van der Waals surface area contributed by atoms with Crippen molar-refractivity contribution in [2.24, 2.45) is 0 Å². The number of hydrogen-bond acceptors (Lipinski definition) is 2. The van der Waals surface area contributed by atoms with Crippen LogP contribution in [-0.4, -0.2) is 19.6 Å². The molecule has 0 aliphatic carbocycles. The Bertz CT molecular complexity index is 632. The number of halogens is 2. The summed E-state index contributed by atoms with van der Waals surface area (Å²) in [5, 5.41) is 4.42. The van der Waals surface area contributed by atoms with Gasteiger partial charge in [0.2, 0.25) is 0 Å². The minimum absolute atomic E-state index is 0.0431. The summed E-state index contributed by atoms with van der Waals surface area (Å²) in [6, 6.07) is 16.6. The number of nitrogens with one attached hydrogen (secondary N) is 1. The van der Waals surface area contributed by atoms with Crippen LogP contribution in [0.3, 0.4) is 0 Å². The summed E-state index contributed by atoms with van der Waals surface area (Å²) in [7, 11) is 0. The van der Waals surface area contributed by atoms with Gasteiger partial charge in [-0.2, -0.15) is 0 Å². The molecule has 1 atom stereocenters. The maximum atomic E-state index is 6.05. The normalized spacial score (nSPS) is 22.3. The van der Waals surface area contributed by atoms with E-state index in [0.29, 0.717) is 0 Å². The summed E-state index contributed by atoms with van der Waals surface area (Å²) >= 11 is 9.68. The Morgan fingerprint density at radius 2 is 1.95 bits per heavy atom. The van der Waals surface area contributed by atoms with Gasteiger partial charge in [0.1, 0.15) is 0 Å². The minimum atomic E-state index is -0.0431. The summed E-state index contributed by atoms with van der Waals surface area (Å²) in [6.45, 7) is 5.14. The van der Waals surface area contributed by atoms with Crippen LogP contribution in [0.5, 0.6) is 0 Å². The van der Waals surface area contributed by atoms with Crippen molar-refractivity contribution in [2.75, 3.05) is 24.5 Å². The molecule has 110 valence electrons. The van der Waals surface area contributed by atoms with Gasteiger partial charge in [-0.15, -0.1) is 0 Å². The van der Waals surface area contributed by atoms with Gasteiger partial charge in [0.15, 0.2) is 0 Å². The van der Waals surface area contributed by atoms with E-state index in [1.54, 1.807) is 0 Å². The molecule has 2 nitrogen and oxygen atoms in total. The third kappa shape index (κ3) is 3.10. The second-order valence-corrected chi connectivity index (χ2v) is 6.93. The molecule has 0 spiro atoms. The molecule has 1 N–H and O–H groups in total. The fourth-order valence-electron chi connectivity index (χ4n) is 2.93. The lowest BCUT2D eigenvalue weighted by Gasteiger charge is -2.43. The highest BCUT2D eigenvalue weighted by molar-refractivity contribution is 9.10. The predicted molar refractivity (Wildman–Crippen MR) is 93.2 cm³/mol. The Kier molecular flexibility index (Phi) is 4.25. The van der Waals surface area contributed by atoms with Gasteiger partial charge in [0, 0.05) is 29.1 Å². The first-order valence-electron chi connectivity index (χ1n) is 7.09. The van der Waals surface area contributed by atoms with Gasteiger partial charge in [-0.05, 0) is 46.6 Å². The predicted octanol–water partition coefficient (Wildman–Crippen LogP) is 4.43. The van der Waals surface area contributed by atoms with Crippen molar-refractivity contribution in [2.45, 2.75) is 12.5 Å². The zero-order valence-electron chi connectivity index (χ0n) is 11.9. The first-order chi connectivity index (χ1) is 10.1. The molecule has 1 fully saturated rings. The van der Waals surface area contributed by atoms with E-state index in [1.165, 1.54) is 11.3 Å². The molecule has 0 radical (unpaired) electrons. The third-order valence-corrected chi connectivity index (χ3v) is 4.94. The number of nitrogens with zero attached hydrogens (tertiary/aromatic N) is 1. The van der Waals surface area contributed by atoms with Gasteiger partial charge in [0.25, 0.3) is 0 Å². The Morgan fingerprint density at radius 3 is 2.67 bits per heavy atom. The van der Waals surface area contributed by atoms with E-state index in [4.69, 9.17) is 11.6 Å². The summed E-state index contributed by atoms with van der Waals surface area (Å²) < 4.78 is 1.05. The van der Waals surface area contributed by atoms with Crippen molar-refractivity contribution in [3.63, 3.8) is 0 Å². The first kappa shape index (κ1) is 14.9. The van der Waals surface area contributed by atoms with Crippen LogP contribution in [0.4, 0.5) is 5.69 Å². The molecular weight excluding hydrogens is 348 g/mol. The molecule has 2 aromatic carbocycles. The molecule has 0 saturated carbocycles. The Balaban J connectivity index is 1.89. The lowest BCUT2D eigenvalue weighted by molar-refractivity contribution is 0.332. The maximum Gasteiger partial charge on any atom is 0.0584 e. The van der Waals surface area contributed by atoms with E-state index in [0.717, 1.165) is 29.1 Å². The molecule has 0 aromatic heterocycles. The Morgan fingerprint density at radius 1 is 1.19 bits per heavy atom. The van der Waals surface area contributed by atoms with Crippen molar-refractivity contribution in [3.05, 3.63) is 63.6 Å². The standard InChI is InChI=1S/C17H18BrClN2/c1-17(13-5-3-2-4-6-13)12-21(10-9-20-17)16-8-7-14(19)11-15(16)18/h2-8,11,20H,9-10,12H2,1H3. The number of hydrogen-bond donors (Lipinski definition) is 1. The van der Waals surface area contributed by atoms with E-state index in [9.17, 15) is 0 Å². The van der Waals surface area contributed by atoms with Gasteiger partial charge in [0.05, 0.1) is 11.2 Å². The average molecular weight is 366 g/mol. The molecule has 1 unspecified atom stereocenters. The summed E-state index contributed by atoms with van der Waals surface area (Å²) in [5.41, 5.74) is 2.47. The van der Waals surface area contributed by atoms with Crippen molar-refractivity contribution in [3.8, 4) is 0 Å². The largest absolute Gasteiger partial charge is 0.367 e. The Hall–Kier alpha value is -1.03. The van der Waals surface area contributed by atoms with E-state index in [1.807, 2.05) is 12.1 Å². The average Bonchev–Trinajstić information content (AvgIpc) is 2.48. The number of piperazine rings is 1. The second-order valence-electron chi connectivity index (χ2n) is 5.64. The summed E-state index contributed by atoms with van der Waals surface area (Å²) in [6.07, 6.45) is 0. The van der Waals surface area contributed by atoms with Crippen LogP contribution < -0.4 is 10.2 Å². The quantitative estimate of drug-likeness (QED) is 0.847. The van der Waals surface area contributed by atoms with Crippen molar-refractivity contribution < 1.29 is 0 Å². The van der Waals surface area contributed by atoms with Crippen LogP contribution in [-0.2, 0) is 5.54 Å². The van der Waals surface area contributed by atoms with E-state index >= 15 is 0 Å². The lowest BCUT2D eigenvalue weighted by Crippen LogP contribution is -2.56. The van der Waals surface area contributed by atoms with Gasteiger partial charge in [-0.3, -0.25) is 0 Å². The fourth-order valence-corrected chi connectivity index (χ4v) is 3.86. The van der Waals surface area contributed by atoms with E-state index in [-0.39, 0.29) is 5.54 Å². The van der Waals surface area contributed by atoms with Gasteiger partial charge in [-0.25, -0.2) is 0 Å². The number of benzene rings is 2. The van der Waals surface area contributed by atoms with Gasteiger partial charge in [-0.1, -0.05) is 41.9 Å². The lowest BCUT2D eigenvalue weighted by atomic mass is 9.89. The first-order valence-corrected chi connectivity index (χ1v) is 8.26. The molecule has 1 heterocycles. The monoisotopic (exact) mass is 364 g/mol. The molecule has 2 aromatic rings. The van der Waals surface area contributed by atoms with Crippen molar-refractivity contribution in [1.82, 2.24) is 5.32 Å². The van der Waals surface area contributed by atoms with Crippen LogP contribution in [0.15, 0.2) is 53.0 Å². The van der Waals surface area contributed by atoms with Crippen LogP contribution in [0.2, 0.25) is 5.02 Å². The van der Waals surface area contributed by atoms with Gasteiger partial charge >= 0.3 is 0 Å². The minimum Gasteiger partial charge on any atom is -0.367 e. The van der Waals surface area contributed by atoms with E-state index in [2.05, 4.69) is 69.5 Å². The summed E-state index contributed by atoms with van der Waals surface area (Å²) in [4.78, 5) is 2.41. The zero-order chi connectivity index (χ0) is 14.9. The molecule has 1 aliphatic rings. The molecule has 4 heteroatoms. The third-order valence-electron chi connectivity index (χ3n) is 4.07. The topological polar surface area (TPSA) is 15.3 Å². The molecule has 1 aliphatic heterocycles. The highest BCUT2D eigenvalue weighted by atomic mass is 79.9. The molecule has 0 bridgehead atoms. The SMILES string of the molecule is CC1(c2ccccc2)CN(c2ccc(Cl)cc2Br)CCN1. The van der Waals surface area contributed by atoms with Crippen LogP contribution >= 0.6 is 27.5 Å². The van der Waals surface area contributed by atoms with Crippen molar-refractivity contribution in [1.29, 1.82) is 0 Å². The van der Waals surface area contributed by atoms with Gasteiger partial charge < -0.3 is 10.2 Å². The summed E-state index contributed by atoms with van der Waals surface area (Å²) in [5.74, 6) is 0. The van der Waals surface area contributed by atoms with E-state index < -0.39 is 0 Å². The second kappa shape index (κ2) is 5.99. The molecule has 1 saturated heterocycles. The molecule has 0 amide bonds. The highest BCUT2D eigenvalue weighted by Crippen LogP contribution is 2.33.